The largest absolute Gasteiger partial charge is 0.497 e. The molecule has 4 nitrogen and oxygen atoms in total. The molecule has 5 heteroatoms. The number of benzene rings is 2. The van der Waals surface area contributed by atoms with Crippen molar-refractivity contribution >= 4 is 16.6 Å². The molecule has 0 fully saturated rings. The third-order valence-corrected chi connectivity index (χ3v) is 3.02. The lowest BCUT2D eigenvalue weighted by Gasteiger charge is -2.08. The van der Waals surface area contributed by atoms with Gasteiger partial charge in [-0.15, -0.1) is 0 Å². The second kappa shape index (κ2) is 5.28. The van der Waals surface area contributed by atoms with Gasteiger partial charge in [-0.1, -0.05) is 6.07 Å². The Morgan fingerprint density at radius 2 is 1.90 bits per heavy atom. The van der Waals surface area contributed by atoms with Crippen molar-refractivity contribution in [1.29, 1.82) is 0 Å². The standard InChI is InChI=1S/C16H13FN2O2/c1-20-13-7-10-5-6-15(19-16(10)14(18)9-13)21-12-4-2-3-11(17)8-12/h2-9H,18H2,1H3. The monoisotopic (exact) mass is 284 g/mol. The smallest absolute Gasteiger partial charge is 0.219 e. The normalized spacial score (nSPS) is 10.6. The maximum atomic E-state index is 13.1. The van der Waals surface area contributed by atoms with E-state index < -0.39 is 0 Å². The molecule has 0 saturated heterocycles. The summed E-state index contributed by atoms with van der Waals surface area (Å²) in [6.07, 6.45) is 0. The molecule has 0 atom stereocenters. The molecular formula is C16H13FN2O2. The fourth-order valence-electron chi connectivity index (χ4n) is 2.04. The van der Waals surface area contributed by atoms with Crippen LogP contribution in [0.15, 0.2) is 48.5 Å². The number of aromatic nitrogens is 1. The highest BCUT2D eigenvalue weighted by Crippen LogP contribution is 2.29. The maximum absolute atomic E-state index is 13.1. The Kier molecular flexibility index (Phi) is 3.31. The third-order valence-electron chi connectivity index (χ3n) is 3.02. The van der Waals surface area contributed by atoms with E-state index in [-0.39, 0.29) is 5.82 Å². The average molecular weight is 284 g/mol. The molecule has 0 saturated carbocycles. The first kappa shape index (κ1) is 13.2. The summed E-state index contributed by atoms with van der Waals surface area (Å²) in [6, 6.07) is 12.9. The Bertz CT molecular complexity index is 805. The minimum absolute atomic E-state index is 0.352. The van der Waals surface area contributed by atoms with Crippen molar-refractivity contribution in [3.05, 3.63) is 54.3 Å². The minimum Gasteiger partial charge on any atom is -0.497 e. The number of fused-ring (bicyclic) bond motifs is 1. The zero-order chi connectivity index (χ0) is 14.8. The first-order valence-electron chi connectivity index (χ1n) is 6.33. The summed E-state index contributed by atoms with van der Waals surface area (Å²) in [5.74, 6) is 1.04. The summed E-state index contributed by atoms with van der Waals surface area (Å²) in [4.78, 5) is 4.35. The zero-order valence-electron chi connectivity index (χ0n) is 11.3. The van der Waals surface area contributed by atoms with Gasteiger partial charge in [0.05, 0.1) is 18.3 Å². The molecule has 106 valence electrons. The number of ether oxygens (including phenoxy) is 2. The molecule has 1 heterocycles. The highest BCUT2D eigenvalue weighted by atomic mass is 19.1. The molecule has 0 aliphatic heterocycles. The number of rotatable bonds is 3. The van der Waals surface area contributed by atoms with Crippen molar-refractivity contribution in [3.63, 3.8) is 0 Å². The van der Waals surface area contributed by atoms with Crippen LogP contribution < -0.4 is 15.2 Å². The topological polar surface area (TPSA) is 57.4 Å². The van der Waals surface area contributed by atoms with E-state index in [0.717, 1.165) is 5.39 Å². The van der Waals surface area contributed by atoms with Crippen LogP contribution in [0.4, 0.5) is 10.1 Å². The van der Waals surface area contributed by atoms with Crippen molar-refractivity contribution in [2.24, 2.45) is 0 Å². The van der Waals surface area contributed by atoms with Crippen LogP contribution in [-0.2, 0) is 0 Å². The molecule has 0 aliphatic carbocycles. The Balaban J connectivity index is 1.99. The van der Waals surface area contributed by atoms with Crippen LogP contribution in [0.5, 0.6) is 17.4 Å². The first-order valence-corrected chi connectivity index (χ1v) is 6.33. The van der Waals surface area contributed by atoms with Crippen molar-refractivity contribution in [2.75, 3.05) is 12.8 Å². The molecule has 0 amide bonds. The van der Waals surface area contributed by atoms with Gasteiger partial charge < -0.3 is 15.2 Å². The van der Waals surface area contributed by atoms with E-state index in [1.807, 2.05) is 12.1 Å². The quantitative estimate of drug-likeness (QED) is 0.744. The van der Waals surface area contributed by atoms with Crippen LogP contribution in [-0.4, -0.2) is 12.1 Å². The number of methoxy groups -OCH3 is 1. The fourth-order valence-corrected chi connectivity index (χ4v) is 2.04. The number of nitrogen functional groups attached to an aromatic ring is 1. The molecule has 2 aromatic carbocycles. The van der Waals surface area contributed by atoms with Crippen LogP contribution in [0.3, 0.4) is 0 Å². The highest BCUT2D eigenvalue weighted by molar-refractivity contribution is 5.91. The van der Waals surface area contributed by atoms with E-state index in [1.54, 1.807) is 31.4 Å². The lowest BCUT2D eigenvalue weighted by Crippen LogP contribution is -1.94. The molecule has 1 aromatic heterocycles. The molecule has 21 heavy (non-hydrogen) atoms. The lowest BCUT2D eigenvalue weighted by molar-refractivity contribution is 0.415. The van der Waals surface area contributed by atoms with Gasteiger partial charge in [0.25, 0.3) is 0 Å². The van der Waals surface area contributed by atoms with Crippen LogP contribution in [0.2, 0.25) is 0 Å². The highest BCUT2D eigenvalue weighted by Gasteiger charge is 2.06. The summed E-state index contributed by atoms with van der Waals surface area (Å²) in [7, 11) is 1.58. The van der Waals surface area contributed by atoms with Crippen LogP contribution in [0, 0.1) is 5.82 Å². The second-order valence-corrected chi connectivity index (χ2v) is 4.50. The molecule has 0 bridgehead atoms. The van der Waals surface area contributed by atoms with Gasteiger partial charge in [0.2, 0.25) is 5.88 Å². The maximum Gasteiger partial charge on any atom is 0.219 e. The fraction of sp³-hybridized carbons (Fsp3) is 0.0625. The average Bonchev–Trinajstić information content (AvgIpc) is 2.47. The summed E-state index contributed by atoms with van der Waals surface area (Å²) < 4.78 is 23.8. The van der Waals surface area contributed by atoms with Gasteiger partial charge in [-0.2, -0.15) is 0 Å². The summed E-state index contributed by atoms with van der Waals surface area (Å²) in [5.41, 5.74) is 7.07. The minimum atomic E-state index is -0.363. The van der Waals surface area contributed by atoms with Crippen LogP contribution >= 0.6 is 0 Å². The molecule has 0 aliphatic rings. The van der Waals surface area contributed by atoms with E-state index in [0.29, 0.717) is 28.6 Å². The Morgan fingerprint density at radius 1 is 1.05 bits per heavy atom. The van der Waals surface area contributed by atoms with E-state index in [2.05, 4.69) is 4.98 Å². The van der Waals surface area contributed by atoms with Crippen molar-refractivity contribution < 1.29 is 13.9 Å². The number of hydrogen-bond donors (Lipinski definition) is 1. The van der Waals surface area contributed by atoms with Crippen LogP contribution in [0.25, 0.3) is 10.9 Å². The number of anilines is 1. The third kappa shape index (κ3) is 2.72. The van der Waals surface area contributed by atoms with Crippen molar-refractivity contribution in [3.8, 4) is 17.4 Å². The van der Waals surface area contributed by atoms with Crippen molar-refractivity contribution in [2.45, 2.75) is 0 Å². The van der Waals surface area contributed by atoms with Crippen molar-refractivity contribution in [1.82, 2.24) is 4.98 Å². The summed E-state index contributed by atoms with van der Waals surface area (Å²) in [6.45, 7) is 0. The van der Waals surface area contributed by atoms with Gasteiger partial charge in [-0.05, 0) is 24.3 Å². The SMILES string of the molecule is COc1cc(N)c2nc(Oc3cccc(F)c3)ccc2c1. The van der Waals surface area contributed by atoms with Gasteiger partial charge in [-0.25, -0.2) is 9.37 Å². The molecule has 0 spiro atoms. The zero-order valence-corrected chi connectivity index (χ0v) is 11.3. The van der Waals surface area contributed by atoms with Crippen LogP contribution in [0.1, 0.15) is 0 Å². The molecule has 2 N–H and O–H groups in total. The first-order chi connectivity index (χ1) is 10.2. The summed E-state index contributed by atoms with van der Waals surface area (Å²) in [5, 5.41) is 0.846. The Morgan fingerprint density at radius 3 is 2.67 bits per heavy atom. The van der Waals surface area contributed by atoms with Gasteiger partial charge >= 0.3 is 0 Å². The van der Waals surface area contributed by atoms with E-state index >= 15 is 0 Å². The van der Waals surface area contributed by atoms with Gasteiger partial charge in [0.1, 0.15) is 17.3 Å². The van der Waals surface area contributed by atoms with E-state index in [4.69, 9.17) is 15.2 Å². The van der Waals surface area contributed by atoms with Gasteiger partial charge in [0, 0.05) is 23.6 Å². The number of pyridine rings is 1. The number of nitrogens with two attached hydrogens (primary N) is 1. The van der Waals surface area contributed by atoms with Gasteiger partial charge in [0.15, 0.2) is 0 Å². The predicted molar refractivity (Wildman–Crippen MR) is 79.2 cm³/mol. The van der Waals surface area contributed by atoms with Gasteiger partial charge in [-0.3, -0.25) is 0 Å². The lowest BCUT2D eigenvalue weighted by atomic mass is 10.2. The predicted octanol–water partition coefficient (Wildman–Crippen LogP) is 3.76. The van der Waals surface area contributed by atoms with E-state index in [1.165, 1.54) is 12.1 Å². The Hall–Kier alpha value is -2.82. The number of nitrogens with zero attached hydrogens (tertiary/aromatic N) is 1. The molecule has 3 aromatic rings. The molecule has 0 radical (unpaired) electrons. The number of hydrogen-bond acceptors (Lipinski definition) is 4. The number of halogens is 1. The Labute approximate surface area is 120 Å². The van der Waals surface area contributed by atoms with E-state index in [9.17, 15) is 4.39 Å². The molecule has 0 unspecified atom stereocenters. The second-order valence-electron chi connectivity index (χ2n) is 4.50. The molecule has 3 rings (SSSR count). The summed E-state index contributed by atoms with van der Waals surface area (Å²) >= 11 is 0. The molecular weight excluding hydrogens is 271 g/mol.